The number of para-hydroxylation sites is 1. The van der Waals surface area contributed by atoms with Crippen molar-refractivity contribution in [2.24, 2.45) is 0 Å². The molecule has 0 spiro atoms. The van der Waals surface area contributed by atoms with E-state index in [0.29, 0.717) is 16.6 Å². The summed E-state index contributed by atoms with van der Waals surface area (Å²) in [5.41, 5.74) is 2.78. The summed E-state index contributed by atoms with van der Waals surface area (Å²) in [7, 11) is -2.34. The second-order valence-corrected chi connectivity index (χ2v) is 11.7. The van der Waals surface area contributed by atoms with Crippen molar-refractivity contribution in [3.63, 3.8) is 0 Å². The molecule has 6 nitrogen and oxygen atoms in total. The number of carbonyl (C=O) groups excluding carboxylic acids is 1. The van der Waals surface area contributed by atoms with E-state index in [-0.39, 0.29) is 29.0 Å². The van der Waals surface area contributed by atoms with Gasteiger partial charge in [-0.3, -0.25) is 9.10 Å². The van der Waals surface area contributed by atoms with Crippen molar-refractivity contribution in [2.75, 3.05) is 18.0 Å². The van der Waals surface area contributed by atoms with Crippen LogP contribution in [0.15, 0.2) is 80.6 Å². The molecule has 0 saturated carbocycles. The number of nitrogens with one attached hydrogen (secondary N) is 1. The third kappa shape index (κ3) is 4.93. The average molecular weight is 608 g/mol. The molecule has 3 aromatic carbocycles. The van der Waals surface area contributed by atoms with E-state index in [2.05, 4.69) is 37.2 Å². The smallest absolute Gasteiger partial charge is 0.265 e. The Morgan fingerprint density at radius 2 is 1.88 bits per heavy atom. The zero-order valence-electron chi connectivity index (χ0n) is 18.7. The highest BCUT2D eigenvalue weighted by molar-refractivity contribution is 9.10. The lowest BCUT2D eigenvalue weighted by atomic mass is 10.1. The molecule has 0 bridgehead atoms. The number of rotatable bonds is 7. The van der Waals surface area contributed by atoms with Crippen LogP contribution in [0.4, 0.5) is 5.69 Å². The minimum atomic E-state index is -3.91. The number of fused-ring (bicyclic) bond motifs is 1. The number of nitrogens with zero attached hydrogens (tertiary/aromatic N) is 1. The first kappa shape index (κ1) is 24.9. The standard InChI is InChI=1S/C25H24Br2N2O4S/c1-16-12-18-6-3-4-9-23(18)29(16)34(31,32)24-14-19(10-11-21(24)27)25(30)28-22(15-33-2)17-7-5-8-20(26)13-17/h3-11,13-14,16,22H,12,15H2,1-2H3,(H,28,30). The van der Waals surface area contributed by atoms with Crippen molar-refractivity contribution in [3.05, 3.63) is 92.4 Å². The molecule has 34 heavy (non-hydrogen) atoms. The van der Waals surface area contributed by atoms with Gasteiger partial charge in [0.1, 0.15) is 4.90 Å². The van der Waals surface area contributed by atoms with E-state index in [1.807, 2.05) is 55.5 Å². The Kier molecular flexibility index (Phi) is 7.47. The first-order chi connectivity index (χ1) is 16.2. The predicted molar refractivity (Wildman–Crippen MR) is 140 cm³/mol. The highest BCUT2D eigenvalue weighted by Gasteiger charge is 2.37. The van der Waals surface area contributed by atoms with Crippen LogP contribution < -0.4 is 9.62 Å². The molecule has 9 heteroatoms. The molecule has 0 radical (unpaired) electrons. The first-order valence-electron chi connectivity index (χ1n) is 10.7. The van der Waals surface area contributed by atoms with E-state index in [1.54, 1.807) is 19.2 Å². The maximum Gasteiger partial charge on any atom is 0.265 e. The molecule has 1 N–H and O–H groups in total. The fraction of sp³-hybridized carbons (Fsp3) is 0.240. The van der Waals surface area contributed by atoms with Crippen LogP contribution in [0.5, 0.6) is 0 Å². The Morgan fingerprint density at radius 3 is 2.62 bits per heavy atom. The molecule has 0 saturated heterocycles. The van der Waals surface area contributed by atoms with Crippen LogP contribution in [0.3, 0.4) is 0 Å². The van der Waals surface area contributed by atoms with Gasteiger partial charge < -0.3 is 10.1 Å². The van der Waals surface area contributed by atoms with E-state index >= 15 is 0 Å². The summed E-state index contributed by atoms with van der Waals surface area (Å²) in [6, 6.07) is 19.1. The van der Waals surface area contributed by atoms with Crippen LogP contribution in [0.1, 0.15) is 34.5 Å². The average Bonchev–Trinajstić information content (AvgIpc) is 3.15. The highest BCUT2D eigenvalue weighted by Crippen LogP contribution is 2.38. The monoisotopic (exact) mass is 606 g/mol. The van der Waals surface area contributed by atoms with Crippen molar-refractivity contribution < 1.29 is 17.9 Å². The minimum absolute atomic E-state index is 0.0504. The molecule has 0 aromatic heterocycles. The molecular formula is C25H24Br2N2O4S. The number of hydrogen-bond acceptors (Lipinski definition) is 4. The summed E-state index contributed by atoms with van der Waals surface area (Å²) < 4.78 is 35.5. The van der Waals surface area contributed by atoms with E-state index in [4.69, 9.17) is 4.74 Å². The second-order valence-electron chi connectivity index (χ2n) is 8.16. The van der Waals surface area contributed by atoms with Crippen LogP contribution in [0.25, 0.3) is 0 Å². The van der Waals surface area contributed by atoms with Gasteiger partial charge >= 0.3 is 0 Å². The SMILES string of the molecule is COCC(NC(=O)c1ccc(Br)c(S(=O)(=O)N2c3ccccc3CC2C)c1)c1cccc(Br)c1. The van der Waals surface area contributed by atoms with Crippen molar-refractivity contribution in [1.82, 2.24) is 5.32 Å². The van der Waals surface area contributed by atoms with Gasteiger partial charge in [0, 0.05) is 27.7 Å². The maximum atomic E-state index is 13.7. The molecule has 2 atom stereocenters. The van der Waals surface area contributed by atoms with Crippen LogP contribution in [-0.2, 0) is 21.2 Å². The predicted octanol–water partition coefficient (Wildman–Crippen LogP) is 5.47. The van der Waals surface area contributed by atoms with Crippen LogP contribution >= 0.6 is 31.9 Å². The molecule has 178 valence electrons. The van der Waals surface area contributed by atoms with Gasteiger partial charge in [-0.2, -0.15) is 0 Å². The fourth-order valence-electron chi connectivity index (χ4n) is 4.20. The number of ether oxygens (including phenoxy) is 1. The molecular weight excluding hydrogens is 584 g/mol. The third-order valence-electron chi connectivity index (χ3n) is 5.76. The summed E-state index contributed by atoms with van der Waals surface area (Å²) in [4.78, 5) is 13.2. The lowest BCUT2D eigenvalue weighted by Crippen LogP contribution is -2.36. The number of carbonyl (C=O) groups is 1. The lowest BCUT2D eigenvalue weighted by Gasteiger charge is -2.25. The van der Waals surface area contributed by atoms with Gasteiger partial charge in [-0.1, -0.05) is 46.3 Å². The van der Waals surface area contributed by atoms with Gasteiger partial charge in [0.05, 0.1) is 18.3 Å². The van der Waals surface area contributed by atoms with Gasteiger partial charge in [0.15, 0.2) is 0 Å². The van der Waals surface area contributed by atoms with Crippen LogP contribution in [0, 0.1) is 0 Å². The number of halogens is 2. The molecule has 4 rings (SSSR count). The molecule has 2 unspecified atom stereocenters. The van der Waals surface area contributed by atoms with Gasteiger partial charge in [0.2, 0.25) is 0 Å². The van der Waals surface area contributed by atoms with E-state index < -0.39 is 16.1 Å². The number of benzene rings is 3. The number of amides is 1. The summed E-state index contributed by atoms with van der Waals surface area (Å²) in [5.74, 6) is -0.388. The quantitative estimate of drug-likeness (QED) is 0.386. The van der Waals surface area contributed by atoms with Gasteiger partial charge in [-0.05, 0) is 76.8 Å². The third-order valence-corrected chi connectivity index (χ3v) is 9.18. The molecule has 1 heterocycles. The van der Waals surface area contributed by atoms with Crippen molar-refractivity contribution in [1.29, 1.82) is 0 Å². The topological polar surface area (TPSA) is 75.7 Å². The number of sulfonamides is 1. The van der Waals surface area contributed by atoms with E-state index in [0.717, 1.165) is 15.6 Å². The lowest BCUT2D eigenvalue weighted by molar-refractivity contribution is 0.0896. The summed E-state index contributed by atoms with van der Waals surface area (Å²) in [5, 5.41) is 2.96. The largest absolute Gasteiger partial charge is 0.382 e. The number of methoxy groups -OCH3 is 1. The first-order valence-corrected chi connectivity index (χ1v) is 13.7. The molecule has 1 aliphatic rings. The second kappa shape index (κ2) is 10.2. The number of anilines is 1. The number of hydrogen-bond donors (Lipinski definition) is 1. The Bertz CT molecular complexity index is 1330. The molecule has 0 fully saturated rings. The Morgan fingerprint density at radius 1 is 1.12 bits per heavy atom. The zero-order valence-corrected chi connectivity index (χ0v) is 22.7. The van der Waals surface area contributed by atoms with Crippen LogP contribution in [0.2, 0.25) is 0 Å². The Balaban J connectivity index is 1.66. The Labute approximate surface area is 216 Å². The van der Waals surface area contributed by atoms with Crippen molar-refractivity contribution >= 4 is 53.5 Å². The van der Waals surface area contributed by atoms with E-state index in [9.17, 15) is 13.2 Å². The molecule has 1 amide bonds. The molecule has 3 aromatic rings. The summed E-state index contributed by atoms with van der Waals surface area (Å²) >= 11 is 6.83. The zero-order chi connectivity index (χ0) is 24.5. The fourth-order valence-corrected chi connectivity index (χ4v) is 7.27. The van der Waals surface area contributed by atoms with Crippen molar-refractivity contribution in [3.8, 4) is 0 Å². The van der Waals surface area contributed by atoms with Crippen molar-refractivity contribution in [2.45, 2.75) is 30.3 Å². The van der Waals surface area contributed by atoms with Crippen LogP contribution in [-0.4, -0.2) is 34.1 Å². The maximum absolute atomic E-state index is 13.7. The summed E-state index contributed by atoms with van der Waals surface area (Å²) in [6.45, 7) is 2.15. The molecule has 0 aliphatic carbocycles. The minimum Gasteiger partial charge on any atom is -0.382 e. The highest BCUT2D eigenvalue weighted by atomic mass is 79.9. The van der Waals surface area contributed by atoms with E-state index in [1.165, 1.54) is 10.4 Å². The normalized spacial score (nSPS) is 16.2. The summed E-state index contributed by atoms with van der Waals surface area (Å²) in [6.07, 6.45) is 0.637. The molecule has 1 aliphatic heterocycles. The van der Waals surface area contributed by atoms with Gasteiger partial charge in [0.25, 0.3) is 15.9 Å². The van der Waals surface area contributed by atoms with Gasteiger partial charge in [-0.15, -0.1) is 0 Å². The van der Waals surface area contributed by atoms with Gasteiger partial charge in [-0.25, -0.2) is 8.42 Å². The Hall–Kier alpha value is -2.20.